The van der Waals surface area contributed by atoms with Gasteiger partial charge >= 0.3 is 0 Å². The standard InChI is InChI=1S/C25H26FN5O2/c1-16(2)19-5-7-20(8-6-19)25-29-24(33-30-25)11-10-23(32)28-15-18-4-9-22(21(26)14-18)31-13-12-27-17(31)3/h4-9,12-14,16H,10-11,15H2,1-3H3,(H,28,32). The van der Waals surface area contributed by atoms with E-state index >= 15 is 0 Å². The molecule has 2 aromatic heterocycles. The van der Waals surface area contributed by atoms with Crippen LogP contribution in [0.1, 0.15) is 49.0 Å². The molecule has 2 aromatic carbocycles. The van der Waals surface area contributed by atoms with Crippen LogP contribution < -0.4 is 5.32 Å². The maximum absolute atomic E-state index is 14.5. The highest BCUT2D eigenvalue weighted by Gasteiger charge is 2.12. The molecule has 0 aliphatic carbocycles. The molecule has 0 aliphatic rings. The van der Waals surface area contributed by atoms with Crippen molar-refractivity contribution in [2.45, 2.75) is 46.1 Å². The lowest BCUT2D eigenvalue weighted by Gasteiger charge is -2.09. The molecule has 0 atom stereocenters. The molecular weight excluding hydrogens is 421 g/mol. The van der Waals surface area contributed by atoms with Gasteiger partial charge in [0.1, 0.15) is 11.6 Å². The summed E-state index contributed by atoms with van der Waals surface area (Å²) >= 11 is 0. The summed E-state index contributed by atoms with van der Waals surface area (Å²) in [4.78, 5) is 20.7. The molecule has 0 bridgehead atoms. The molecular formula is C25H26FN5O2. The number of carbonyl (C=O) groups is 1. The Morgan fingerprint density at radius 1 is 1.18 bits per heavy atom. The molecule has 2 heterocycles. The van der Waals surface area contributed by atoms with Gasteiger partial charge in [0.2, 0.25) is 17.6 Å². The van der Waals surface area contributed by atoms with Crippen LogP contribution in [0.5, 0.6) is 0 Å². The van der Waals surface area contributed by atoms with E-state index in [9.17, 15) is 9.18 Å². The van der Waals surface area contributed by atoms with E-state index in [4.69, 9.17) is 4.52 Å². The minimum Gasteiger partial charge on any atom is -0.352 e. The Bertz CT molecular complexity index is 1240. The average Bonchev–Trinajstić information content (AvgIpc) is 3.45. The third kappa shape index (κ3) is 5.34. The lowest BCUT2D eigenvalue weighted by Crippen LogP contribution is -2.23. The van der Waals surface area contributed by atoms with Crippen LogP contribution in [0.2, 0.25) is 0 Å². The zero-order valence-corrected chi connectivity index (χ0v) is 18.9. The van der Waals surface area contributed by atoms with Gasteiger partial charge in [-0.05, 0) is 36.1 Å². The SMILES string of the molecule is Cc1nccn1-c1ccc(CNC(=O)CCc2nc(-c3ccc(C(C)C)cc3)no2)cc1F. The summed E-state index contributed by atoms with van der Waals surface area (Å²) in [5.74, 6) is 1.51. The molecule has 33 heavy (non-hydrogen) atoms. The molecule has 4 rings (SSSR count). The first-order chi connectivity index (χ1) is 15.9. The van der Waals surface area contributed by atoms with Gasteiger partial charge in [0.05, 0.1) is 5.69 Å². The highest BCUT2D eigenvalue weighted by atomic mass is 19.1. The van der Waals surface area contributed by atoms with E-state index in [0.717, 1.165) is 5.56 Å². The fourth-order valence-electron chi connectivity index (χ4n) is 3.49. The molecule has 7 nitrogen and oxygen atoms in total. The molecule has 1 amide bonds. The van der Waals surface area contributed by atoms with Crippen LogP contribution in [0.25, 0.3) is 17.1 Å². The average molecular weight is 448 g/mol. The Morgan fingerprint density at radius 2 is 1.97 bits per heavy atom. The molecule has 0 spiro atoms. The number of imidazole rings is 1. The third-order valence-electron chi connectivity index (χ3n) is 5.46. The summed E-state index contributed by atoms with van der Waals surface area (Å²) in [5.41, 5.74) is 3.21. The van der Waals surface area contributed by atoms with Crippen molar-refractivity contribution in [2.24, 2.45) is 0 Å². The zero-order valence-electron chi connectivity index (χ0n) is 18.9. The number of aromatic nitrogens is 4. The Kier molecular flexibility index (Phi) is 6.63. The number of halogens is 1. The number of benzene rings is 2. The van der Waals surface area contributed by atoms with Crippen molar-refractivity contribution in [1.29, 1.82) is 0 Å². The minimum atomic E-state index is -0.373. The zero-order chi connectivity index (χ0) is 23.4. The Labute approximate surface area is 191 Å². The number of aryl methyl sites for hydroxylation is 2. The molecule has 4 aromatic rings. The lowest BCUT2D eigenvalue weighted by atomic mass is 10.0. The monoisotopic (exact) mass is 447 g/mol. The van der Waals surface area contributed by atoms with Gasteiger partial charge in [-0.15, -0.1) is 0 Å². The van der Waals surface area contributed by atoms with Crippen LogP contribution in [-0.4, -0.2) is 25.6 Å². The van der Waals surface area contributed by atoms with Gasteiger partial charge in [0.25, 0.3) is 0 Å². The van der Waals surface area contributed by atoms with Crippen molar-refractivity contribution in [3.63, 3.8) is 0 Å². The molecule has 0 aliphatic heterocycles. The van der Waals surface area contributed by atoms with Crippen molar-refractivity contribution in [3.05, 3.63) is 83.5 Å². The number of hydrogen-bond donors (Lipinski definition) is 1. The van der Waals surface area contributed by atoms with Gasteiger partial charge in [-0.3, -0.25) is 4.79 Å². The molecule has 0 fully saturated rings. The number of nitrogens with one attached hydrogen (secondary N) is 1. The fraction of sp³-hybridized carbons (Fsp3) is 0.280. The van der Waals surface area contributed by atoms with E-state index in [1.54, 1.807) is 29.1 Å². The first kappa shape index (κ1) is 22.4. The predicted octanol–water partition coefficient (Wildman–Crippen LogP) is 4.74. The maximum Gasteiger partial charge on any atom is 0.227 e. The van der Waals surface area contributed by atoms with E-state index in [-0.39, 0.29) is 24.7 Å². The van der Waals surface area contributed by atoms with Gasteiger partial charge in [-0.25, -0.2) is 9.37 Å². The third-order valence-corrected chi connectivity index (χ3v) is 5.46. The van der Waals surface area contributed by atoms with Gasteiger partial charge in [-0.1, -0.05) is 49.3 Å². The predicted molar refractivity (Wildman–Crippen MR) is 122 cm³/mol. The normalized spacial score (nSPS) is 11.2. The van der Waals surface area contributed by atoms with Crippen molar-refractivity contribution in [3.8, 4) is 17.1 Å². The van der Waals surface area contributed by atoms with Crippen molar-refractivity contribution in [2.75, 3.05) is 0 Å². The summed E-state index contributed by atoms with van der Waals surface area (Å²) in [6, 6.07) is 12.9. The van der Waals surface area contributed by atoms with Crippen LogP contribution in [0.15, 0.2) is 59.4 Å². The Balaban J connectivity index is 1.29. The van der Waals surface area contributed by atoms with E-state index in [2.05, 4.69) is 46.4 Å². The van der Waals surface area contributed by atoms with E-state index in [1.807, 2.05) is 19.1 Å². The van der Waals surface area contributed by atoms with Gasteiger partial charge in [0.15, 0.2) is 0 Å². The highest BCUT2D eigenvalue weighted by molar-refractivity contribution is 5.76. The second-order valence-electron chi connectivity index (χ2n) is 8.20. The number of amides is 1. The second kappa shape index (κ2) is 9.77. The quantitative estimate of drug-likeness (QED) is 0.422. The molecule has 170 valence electrons. The number of nitrogens with zero attached hydrogens (tertiary/aromatic N) is 4. The first-order valence-electron chi connectivity index (χ1n) is 10.9. The molecule has 8 heteroatoms. The summed E-state index contributed by atoms with van der Waals surface area (Å²) in [5, 5.41) is 6.81. The highest BCUT2D eigenvalue weighted by Crippen LogP contribution is 2.21. The number of hydrogen-bond acceptors (Lipinski definition) is 5. The van der Waals surface area contributed by atoms with Gasteiger partial charge < -0.3 is 14.4 Å². The Hall–Kier alpha value is -3.81. The number of rotatable bonds is 8. The Morgan fingerprint density at radius 3 is 2.64 bits per heavy atom. The van der Waals surface area contributed by atoms with Crippen molar-refractivity contribution in [1.82, 2.24) is 25.0 Å². The van der Waals surface area contributed by atoms with Gasteiger partial charge in [-0.2, -0.15) is 4.98 Å². The number of carbonyl (C=O) groups excluding carboxylic acids is 1. The van der Waals surface area contributed by atoms with Crippen LogP contribution in [0.3, 0.4) is 0 Å². The summed E-state index contributed by atoms with van der Waals surface area (Å²) in [7, 11) is 0. The smallest absolute Gasteiger partial charge is 0.227 e. The lowest BCUT2D eigenvalue weighted by molar-refractivity contribution is -0.121. The topological polar surface area (TPSA) is 85.8 Å². The molecule has 0 unspecified atom stereocenters. The largest absolute Gasteiger partial charge is 0.352 e. The van der Waals surface area contributed by atoms with E-state index in [0.29, 0.717) is 41.1 Å². The molecule has 0 radical (unpaired) electrons. The van der Waals surface area contributed by atoms with E-state index in [1.165, 1.54) is 11.6 Å². The summed E-state index contributed by atoms with van der Waals surface area (Å²) < 4.78 is 21.5. The second-order valence-corrected chi connectivity index (χ2v) is 8.20. The fourth-order valence-corrected chi connectivity index (χ4v) is 3.49. The van der Waals surface area contributed by atoms with Crippen molar-refractivity contribution < 1.29 is 13.7 Å². The van der Waals surface area contributed by atoms with Crippen LogP contribution in [-0.2, 0) is 17.8 Å². The molecule has 0 saturated carbocycles. The van der Waals surface area contributed by atoms with Crippen LogP contribution in [0.4, 0.5) is 4.39 Å². The molecule has 1 N–H and O–H groups in total. The van der Waals surface area contributed by atoms with E-state index < -0.39 is 0 Å². The molecule has 0 saturated heterocycles. The first-order valence-corrected chi connectivity index (χ1v) is 10.9. The summed E-state index contributed by atoms with van der Waals surface area (Å²) in [6.45, 7) is 6.32. The maximum atomic E-state index is 14.5. The van der Waals surface area contributed by atoms with Crippen LogP contribution in [0, 0.1) is 12.7 Å². The van der Waals surface area contributed by atoms with Crippen LogP contribution >= 0.6 is 0 Å². The minimum absolute atomic E-state index is 0.175. The van der Waals surface area contributed by atoms with Crippen molar-refractivity contribution >= 4 is 5.91 Å². The summed E-state index contributed by atoms with van der Waals surface area (Å²) in [6.07, 6.45) is 3.86. The van der Waals surface area contributed by atoms with Gasteiger partial charge in [0, 0.05) is 37.3 Å².